The normalized spacial score (nSPS) is 10.0. The Bertz CT molecular complexity index is 664. The van der Waals surface area contributed by atoms with Gasteiger partial charge in [-0.15, -0.1) is 0 Å². The van der Waals surface area contributed by atoms with Crippen LogP contribution in [0.4, 0.5) is 10.1 Å². The van der Waals surface area contributed by atoms with E-state index in [9.17, 15) is 4.39 Å². The minimum Gasteiger partial charge on any atom is -0.433 e. The number of benzene rings is 1. The topological polar surface area (TPSA) is 71.9 Å². The third kappa shape index (κ3) is 3.05. The Morgan fingerprint density at radius 2 is 2.16 bits per heavy atom. The molecule has 96 valence electrons. The highest BCUT2D eigenvalue weighted by Gasteiger charge is 2.13. The molecule has 0 atom stereocenters. The second-order valence-electron chi connectivity index (χ2n) is 3.53. The third-order valence-corrected chi connectivity index (χ3v) is 3.18. The van der Waals surface area contributed by atoms with E-state index >= 15 is 0 Å². The molecule has 0 unspecified atom stereocenters. The van der Waals surface area contributed by atoms with Crippen molar-refractivity contribution < 1.29 is 9.13 Å². The van der Waals surface area contributed by atoms with E-state index in [1.54, 1.807) is 6.07 Å². The molecule has 7 heteroatoms. The average Bonchev–Trinajstić information content (AvgIpc) is 2.35. The summed E-state index contributed by atoms with van der Waals surface area (Å²) < 4.78 is 19.5. The summed E-state index contributed by atoms with van der Waals surface area (Å²) >= 11 is 7.55. The predicted molar refractivity (Wildman–Crippen MR) is 77.6 cm³/mol. The first kappa shape index (κ1) is 13.8. The number of aromatic nitrogens is 1. The van der Waals surface area contributed by atoms with Gasteiger partial charge < -0.3 is 10.5 Å². The first-order valence-corrected chi connectivity index (χ1v) is 6.45. The summed E-state index contributed by atoms with van der Waals surface area (Å²) in [5, 5.41) is 8.98. The number of pyridine rings is 1. The van der Waals surface area contributed by atoms with Gasteiger partial charge in [-0.25, -0.2) is 9.37 Å². The number of nitrogen functional groups attached to an aromatic ring is 1. The van der Waals surface area contributed by atoms with Gasteiger partial charge in [-0.3, -0.25) is 0 Å². The van der Waals surface area contributed by atoms with Crippen LogP contribution in [-0.2, 0) is 0 Å². The van der Waals surface area contributed by atoms with Crippen LogP contribution in [0.3, 0.4) is 0 Å². The standard InChI is InChI=1S/C12H6ClFIN3O/c13-7-3-8(14)12(18-5-7)19-11-9(15)1-6(4-16)2-10(11)17/h1-3,5H,17H2. The molecule has 1 heterocycles. The second kappa shape index (κ2) is 5.59. The zero-order valence-corrected chi connectivity index (χ0v) is 12.2. The van der Waals surface area contributed by atoms with E-state index in [1.807, 2.05) is 28.7 Å². The van der Waals surface area contributed by atoms with Crippen LogP contribution in [0.2, 0.25) is 5.02 Å². The maximum Gasteiger partial charge on any atom is 0.256 e. The van der Waals surface area contributed by atoms with E-state index in [1.165, 1.54) is 12.3 Å². The van der Waals surface area contributed by atoms with Crippen LogP contribution >= 0.6 is 34.2 Å². The number of nitrogens with two attached hydrogens (primary N) is 1. The molecule has 0 saturated heterocycles. The Hall–Kier alpha value is -1.59. The number of anilines is 1. The smallest absolute Gasteiger partial charge is 0.256 e. The molecule has 0 aliphatic rings. The minimum absolute atomic E-state index is 0.173. The lowest BCUT2D eigenvalue weighted by Crippen LogP contribution is -1.99. The minimum atomic E-state index is -0.688. The van der Waals surface area contributed by atoms with Gasteiger partial charge in [0.05, 0.1) is 25.9 Å². The Balaban J connectivity index is 2.41. The number of ether oxygens (including phenoxy) is 1. The summed E-state index contributed by atoms with van der Waals surface area (Å²) in [4.78, 5) is 3.74. The van der Waals surface area contributed by atoms with Crippen molar-refractivity contribution in [2.45, 2.75) is 0 Å². The lowest BCUT2D eigenvalue weighted by Gasteiger charge is -2.10. The largest absolute Gasteiger partial charge is 0.433 e. The molecule has 2 N–H and O–H groups in total. The third-order valence-electron chi connectivity index (χ3n) is 2.17. The van der Waals surface area contributed by atoms with Gasteiger partial charge in [-0.2, -0.15) is 5.26 Å². The van der Waals surface area contributed by atoms with Crippen LogP contribution in [-0.4, -0.2) is 4.98 Å². The Morgan fingerprint density at radius 1 is 1.42 bits per heavy atom. The molecule has 0 aliphatic heterocycles. The van der Waals surface area contributed by atoms with Crippen LogP contribution in [0.25, 0.3) is 0 Å². The molecule has 1 aromatic carbocycles. The van der Waals surface area contributed by atoms with Gasteiger partial charge in [-0.1, -0.05) is 11.6 Å². The number of nitriles is 1. The lowest BCUT2D eigenvalue weighted by atomic mass is 10.2. The quantitative estimate of drug-likeness (QED) is 0.627. The predicted octanol–water partition coefficient (Wildman–Crippen LogP) is 3.72. The summed E-state index contributed by atoms with van der Waals surface area (Å²) in [5.41, 5.74) is 6.41. The van der Waals surface area contributed by atoms with Gasteiger partial charge in [0.1, 0.15) is 0 Å². The van der Waals surface area contributed by atoms with Crippen molar-refractivity contribution in [1.29, 1.82) is 5.26 Å². The molecule has 0 radical (unpaired) electrons. The van der Waals surface area contributed by atoms with Gasteiger partial charge in [0.25, 0.3) is 5.88 Å². The first-order valence-electron chi connectivity index (χ1n) is 4.99. The number of hydrogen-bond acceptors (Lipinski definition) is 4. The van der Waals surface area contributed by atoms with E-state index in [2.05, 4.69) is 4.98 Å². The molecular formula is C12H6ClFIN3O. The summed E-state index contributed by atoms with van der Waals surface area (Å²) in [6.07, 6.45) is 1.27. The summed E-state index contributed by atoms with van der Waals surface area (Å²) in [5.74, 6) is -0.654. The fourth-order valence-corrected chi connectivity index (χ4v) is 2.26. The Morgan fingerprint density at radius 3 is 2.74 bits per heavy atom. The van der Waals surface area contributed by atoms with Crippen molar-refractivity contribution in [3.8, 4) is 17.7 Å². The molecule has 2 aromatic rings. The van der Waals surface area contributed by atoms with Crippen molar-refractivity contribution in [3.05, 3.63) is 44.4 Å². The molecule has 0 bridgehead atoms. The summed E-state index contributed by atoms with van der Waals surface area (Å²) in [6.45, 7) is 0. The summed E-state index contributed by atoms with van der Waals surface area (Å²) in [7, 11) is 0. The average molecular weight is 390 g/mol. The number of rotatable bonds is 2. The van der Waals surface area contributed by atoms with Crippen LogP contribution in [0.15, 0.2) is 24.4 Å². The highest BCUT2D eigenvalue weighted by Crippen LogP contribution is 2.34. The first-order chi connectivity index (χ1) is 9.01. The second-order valence-corrected chi connectivity index (χ2v) is 5.13. The molecule has 0 amide bonds. The van der Waals surface area contributed by atoms with Crippen molar-refractivity contribution in [2.24, 2.45) is 0 Å². The summed E-state index contributed by atoms with van der Waals surface area (Å²) in [6, 6.07) is 6.10. The van der Waals surface area contributed by atoms with E-state index in [0.29, 0.717) is 9.13 Å². The lowest BCUT2D eigenvalue weighted by molar-refractivity contribution is 0.422. The number of hydrogen-bond donors (Lipinski definition) is 1. The van der Waals surface area contributed by atoms with E-state index in [0.717, 1.165) is 6.07 Å². The van der Waals surface area contributed by atoms with Crippen LogP contribution in [0.5, 0.6) is 11.6 Å². The maximum atomic E-state index is 13.6. The fraction of sp³-hybridized carbons (Fsp3) is 0. The van der Waals surface area contributed by atoms with Crippen LogP contribution in [0, 0.1) is 20.7 Å². The van der Waals surface area contributed by atoms with Gasteiger partial charge in [0, 0.05) is 6.20 Å². The van der Waals surface area contributed by atoms with Gasteiger partial charge >= 0.3 is 0 Å². The van der Waals surface area contributed by atoms with Crippen LogP contribution in [0.1, 0.15) is 5.56 Å². The molecule has 2 rings (SSSR count). The Kier molecular flexibility index (Phi) is 4.07. The molecule has 0 fully saturated rings. The van der Waals surface area contributed by atoms with Crippen molar-refractivity contribution in [1.82, 2.24) is 4.98 Å². The monoisotopic (exact) mass is 389 g/mol. The van der Waals surface area contributed by atoms with Gasteiger partial charge in [0.15, 0.2) is 11.6 Å². The van der Waals surface area contributed by atoms with Crippen molar-refractivity contribution in [3.63, 3.8) is 0 Å². The molecule has 1 aromatic heterocycles. The van der Waals surface area contributed by atoms with Gasteiger partial charge in [-0.05, 0) is 40.8 Å². The molecule has 0 saturated carbocycles. The fourth-order valence-electron chi connectivity index (χ4n) is 1.36. The highest BCUT2D eigenvalue weighted by atomic mass is 127. The number of halogens is 3. The highest BCUT2D eigenvalue weighted by molar-refractivity contribution is 14.1. The van der Waals surface area contributed by atoms with Crippen molar-refractivity contribution >= 4 is 39.9 Å². The van der Waals surface area contributed by atoms with E-state index in [-0.39, 0.29) is 22.3 Å². The van der Waals surface area contributed by atoms with E-state index in [4.69, 9.17) is 27.3 Å². The zero-order valence-electron chi connectivity index (χ0n) is 9.32. The molecular weight excluding hydrogens is 384 g/mol. The van der Waals surface area contributed by atoms with E-state index < -0.39 is 5.82 Å². The van der Waals surface area contributed by atoms with Crippen molar-refractivity contribution in [2.75, 3.05) is 5.73 Å². The number of nitrogens with zero attached hydrogens (tertiary/aromatic N) is 2. The van der Waals surface area contributed by atoms with Crippen LogP contribution < -0.4 is 10.5 Å². The molecule has 0 spiro atoms. The molecule has 4 nitrogen and oxygen atoms in total. The Labute approximate surface area is 127 Å². The van der Waals surface area contributed by atoms with Gasteiger partial charge in [0.2, 0.25) is 0 Å². The SMILES string of the molecule is N#Cc1cc(N)c(Oc2ncc(Cl)cc2F)c(I)c1. The zero-order chi connectivity index (χ0) is 14.0. The molecule has 19 heavy (non-hydrogen) atoms. The maximum absolute atomic E-state index is 13.6. The molecule has 0 aliphatic carbocycles.